The smallest absolute Gasteiger partial charge is 0.127 e. The summed E-state index contributed by atoms with van der Waals surface area (Å²) in [6.45, 7) is 0. The van der Waals surface area contributed by atoms with Crippen molar-refractivity contribution >= 4 is 11.6 Å². The molecule has 0 spiro atoms. The largest absolute Gasteiger partial charge is 0.271 e. The molecule has 0 aromatic heterocycles. The maximum absolute atomic E-state index is 13.8. The van der Waals surface area contributed by atoms with Crippen LogP contribution in [-0.4, -0.2) is 6.04 Å². The van der Waals surface area contributed by atoms with E-state index in [-0.39, 0.29) is 11.9 Å². The molecule has 2 saturated carbocycles. The topological polar surface area (TPSA) is 38.0 Å². The minimum Gasteiger partial charge on any atom is -0.271 e. The Bertz CT molecular complexity index is 433. The maximum Gasteiger partial charge on any atom is 0.127 e. The van der Waals surface area contributed by atoms with Crippen LogP contribution in [0.15, 0.2) is 18.2 Å². The Labute approximate surface area is 118 Å². The number of hydrogen-bond acceptors (Lipinski definition) is 2. The second-order valence-electron chi connectivity index (χ2n) is 5.87. The molecule has 104 valence electrons. The van der Waals surface area contributed by atoms with Crippen molar-refractivity contribution in [1.29, 1.82) is 0 Å². The number of fused-ring (bicyclic) bond motifs is 1. The first-order chi connectivity index (χ1) is 9.22. The number of nitrogens with one attached hydrogen (secondary N) is 1. The fourth-order valence-corrected chi connectivity index (χ4v) is 4.14. The molecule has 2 fully saturated rings. The summed E-state index contributed by atoms with van der Waals surface area (Å²) in [7, 11) is 0. The maximum atomic E-state index is 13.8. The van der Waals surface area contributed by atoms with Crippen LogP contribution in [0.25, 0.3) is 0 Å². The van der Waals surface area contributed by atoms with Crippen molar-refractivity contribution in [3.05, 3.63) is 34.6 Å². The average Bonchev–Trinajstić information content (AvgIpc) is 3.13. The number of benzene rings is 1. The highest BCUT2D eigenvalue weighted by atomic mass is 35.5. The Morgan fingerprint density at radius 3 is 2.58 bits per heavy atom. The fraction of sp³-hybridized carbons (Fsp3) is 0.600. The molecule has 0 amide bonds. The lowest BCUT2D eigenvalue weighted by molar-refractivity contribution is 0.430. The Morgan fingerprint density at radius 1 is 1.32 bits per heavy atom. The molecule has 3 unspecified atom stereocenters. The third kappa shape index (κ3) is 2.51. The number of nitrogens with two attached hydrogens (primary N) is 1. The Balaban J connectivity index is 1.74. The molecule has 2 nitrogen and oxygen atoms in total. The van der Waals surface area contributed by atoms with Gasteiger partial charge < -0.3 is 0 Å². The van der Waals surface area contributed by atoms with Crippen LogP contribution in [0.1, 0.15) is 31.2 Å². The third-order valence-corrected chi connectivity index (χ3v) is 5.24. The highest BCUT2D eigenvalue weighted by Gasteiger charge is 2.53. The van der Waals surface area contributed by atoms with Gasteiger partial charge >= 0.3 is 0 Å². The van der Waals surface area contributed by atoms with E-state index >= 15 is 0 Å². The Kier molecular flexibility index (Phi) is 3.79. The molecule has 0 saturated heterocycles. The molecule has 0 bridgehead atoms. The zero-order valence-electron chi connectivity index (χ0n) is 10.9. The standard InChI is InChI=1S/C15H20ClFN2/c16-12-6-3-7-13(17)11(12)8-14(19-18)15-9-4-1-2-5-10(9)15/h3,6-7,9-10,14-15,19H,1-2,4-5,8,18H2. The van der Waals surface area contributed by atoms with Gasteiger partial charge in [0, 0.05) is 16.6 Å². The van der Waals surface area contributed by atoms with Gasteiger partial charge in [-0.05, 0) is 49.1 Å². The van der Waals surface area contributed by atoms with Crippen LogP contribution in [0, 0.1) is 23.6 Å². The quantitative estimate of drug-likeness (QED) is 0.657. The lowest BCUT2D eigenvalue weighted by Gasteiger charge is -2.17. The van der Waals surface area contributed by atoms with Gasteiger partial charge in [0.15, 0.2) is 0 Å². The van der Waals surface area contributed by atoms with Gasteiger partial charge in [0.25, 0.3) is 0 Å². The SMILES string of the molecule is NNC(Cc1c(F)cccc1Cl)C1C2CCCCC21. The summed E-state index contributed by atoms with van der Waals surface area (Å²) in [5.74, 6) is 7.66. The molecule has 19 heavy (non-hydrogen) atoms. The van der Waals surface area contributed by atoms with Crippen LogP contribution in [0.3, 0.4) is 0 Å². The number of hydrazine groups is 1. The van der Waals surface area contributed by atoms with Crippen LogP contribution in [0.2, 0.25) is 5.02 Å². The number of halogens is 2. The van der Waals surface area contributed by atoms with Crippen molar-refractivity contribution in [3.8, 4) is 0 Å². The van der Waals surface area contributed by atoms with Crippen LogP contribution >= 0.6 is 11.6 Å². The molecular weight excluding hydrogens is 263 g/mol. The van der Waals surface area contributed by atoms with E-state index < -0.39 is 0 Å². The van der Waals surface area contributed by atoms with Crippen LogP contribution < -0.4 is 11.3 Å². The average molecular weight is 283 g/mol. The third-order valence-electron chi connectivity index (χ3n) is 4.89. The Hall–Kier alpha value is -0.640. The molecule has 1 aromatic carbocycles. The molecule has 3 atom stereocenters. The lowest BCUT2D eigenvalue weighted by Crippen LogP contribution is -2.39. The van der Waals surface area contributed by atoms with E-state index in [1.807, 2.05) is 0 Å². The fourth-order valence-electron chi connectivity index (χ4n) is 3.90. The van der Waals surface area contributed by atoms with Crippen molar-refractivity contribution in [2.75, 3.05) is 0 Å². The van der Waals surface area contributed by atoms with Crippen molar-refractivity contribution in [2.24, 2.45) is 23.6 Å². The minimum absolute atomic E-state index is 0.141. The van der Waals surface area contributed by atoms with E-state index in [9.17, 15) is 4.39 Å². The second kappa shape index (κ2) is 5.39. The monoisotopic (exact) mass is 282 g/mol. The van der Waals surface area contributed by atoms with Crippen molar-refractivity contribution < 1.29 is 4.39 Å². The summed E-state index contributed by atoms with van der Waals surface area (Å²) in [6.07, 6.45) is 5.85. The molecule has 2 aliphatic carbocycles. The minimum atomic E-state index is -0.226. The van der Waals surface area contributed by atoms with Gasteiger partial charge in [0.1, 0.15) is 5.82 Å². The van der Waals surface area contributed by atoms with Gasteiger partial charge in [-0.15, -0.1) is 0 Å². The summed E-state index contributed by atoms with van der Waals surface area (Å²) in [6, 6.07) is 4.99. The van der Waals surface area contributed by atoms with E-state index in [1.165, 1.54) is 31.7 Å². The predicted octanol–water partition coefficient (Wildman–Crippen LogP) is 3.29. The van der Waals surface area contributed by atoms with Gasteiger partial charge in [-0.1, -0.05) is 30.5 Å². The summed E-state index contributed by atoms with van der Waals surface area (Å²) >= 11 is 6.10. The summed E-state index contributed by atoms with van der Waals surface area (Å²) in [5.41, 5.74) is 3.49. The van der Waals surface area contributed by atoms with Crippen molar-refractivity contribution in [3.63, 3.8) is 0 Å². The highest BCUT2D eigenvalue weighted by molar-refractivity contribution is 6.31. The molecule has 2 aliphatic rings. The lowest BCUT2D eigenvalue weighted by atomic mass is 10.00. The number of hydrogen-bond donors (Lipinski definition) is 2. The van der Waals surface area contributed by atoms with E-state index in [4.69, 9.17) is 17.4 Å². The molecule has 3 rings (SSSR count). The van der Waals surface area contributed by atoms with Gasteiger partial charge in [-0.3, -0.25) is 11.3 Å². The van der Waals surface area contributed by atoms with Crippen LogP contribution in [-0.2, 0) is 6.42 Å². The number of rotatable bonds is 4. The van der Waals surface area contributed by atoms with Gasteiger partial charge in [0.05, 0.1) is 0 Å². The first-order valence-electron chi connectivity index (χ1n) is 7.11. The molecule has 0 aliphatic heterocycles. The van der Waals surface area contributed by atoms with E-state index in [2.05, 4.69) is 5.43 Å². The van der Waals surface area contributed by atoms with E-state index in [0.717, 1.165) is 11.8 Å². The molecule has 0 heterocycles. The predicted molar refractivity (Wildman–Crippen MR) is 75.2 cm³/mol. The van der Waals surface area contributed by atoms with Crippen LogP contribution in [0.5, 0.6) is 0 Å². The Morgan fingerprint density at radius 2 is 2.00 bits per heavy atom. The zero-order chi connectivity index (χ0) is 13.4. The highest BCUT2D eigenvalue weighted by Crippen LogP contribution is 2.57. The first kappa shape index (κ1) is 13.3. The van der Waals surface area contributed by atoms with Gasteiger partial charge in [-0.2, -0.15) is 0 Å². The normalized spacial score (nSPS) is 30.8. The molecule has 4 heteroatoms. The molecular formula is C15H20ClFN2. The van der Waals surface area contributed by atoms with Crippen molar-refractivity contribution in [2.45, 2.75) is 38.1 Å². The van der Waals surface area contributed by atoms with Gasteiger partial charge in [-0.25, -0.2) is 4.39 Å². The van der Waals surface area contributed by atoms with E-state index in [0.29, 0.717) is 22.9 Å². The van der Waals surface area contributed by atoms with Crippen molar-refractivity contribution in [1.82, 2.24) is 5.43 Å². The summed E-state index contributed by atoms with van der Waals surface area (Å²) in [4.78, 5) is 0. The van der Waals surface area contributed by atoms with Crippen LogP contribution in [0.4, 0.5) is 4.39 Å². The van der Waals surface area contributed by atoms with E-state index in [1.54, 1.807) is 12.1 Å². The molecule has 1 aromatic rings. The summed E-state index contributed by atoms with van der Waals surface area (Å²) in [5, 5.41) is 0.504. The zero-order valence-corrected chi connectivity index (χ0v) is 11.7. The second-order valence-corrected chi connectivity index (χ2v) is 6.27. The molecule has 0 radical (unpaired) electrons. The summed E-state index contributed by atoms with van der Waals surface area (Å²) < 4.78 is 13.8. The van der Waals surface area contributed by atoms with Gasteiger partial charge in [0.2, 0.25) is 0 Å². The molecule has 3 N–H and O–H groups in total. The first-order valence-corrected chi connectivity index (χ1v) is 7.49.